The standard InChI is InChI=1S/C20H23NO3/c1-14(2)21-15(3)12-18(16(21)4)19(22)13-24-20(23)11-10-17-8-6-5-7-9-17/h5-12,14H,13H2,1-4H3/b11-10+. The molecule has 4 heteroatoms. The van der Waals surface area contributed by atoms with E-state index in [9.17, 15) is 9.59 Å². The van der Waals surface area contributed by atoms with Crippen molar-refractivity contribution in [2.45, 2.75) is 33.7 Å². The highest BCUT2D eigenvalue weighted by Gasteiger charge is 2.17. The highest BCUT2D eigenvalue weighted by molar-refractivity contribution is 6.00. The van der Waals surface area contributed by atoms with Crippen LogP contribution in [-0.2, 0) is 9.53 Å². The predicted molar refractivity (Wildman–Crippen MR) is 95.1 cm³/mol. The topological polar surface area (TPSA) is 48.3 Å². The lowest BCUT2D eigenvalue weighted by atomic mass is 10.1. The largest absolute Gasteiger partial charge is 0.454 e. The van der Waals surface area contributed by atoms with Crippen molar-refractivity contribution in [2.75, 3.05) is 6.61 Å². The van der Waals surface area contributed by atoms with Crippen molar-refractivity contribution < 1.29 is 14.3 Å². The number of ether oxygens (including phenoxy) is 1. The fourth-order valence-corrected chi connectivity index (χ4v) is 2.84. The van der Waals surface area contributed by atoms with Gasteiger partial charge in [0.2, 0.25) is 5.78 Å². The van der Waals surface area contributed by atoms with Gasteiger partial charge in [-0.1, -0.05) is 30.3 Å². The minimum Gasteiger partial charge on any atom is -0.454 e. The molecular weight excluding hydrogens is 302 g/mol. The van der Waals surface area contributed by atoms with Crippen LogP contribution in [0.1, 0.15) is 47.2 Å². The number of rotatable bonds is 6. The van der Waals surface area contributed by atoms with E-state index in [4.69, 9.17) is 4.74 Å². The Morgan fingerprint density at radius 1 is 1.17 bits per heavy atom. The van der Waals surface area contributed by atoms with Crippen LogP contribution >= 0.6 is 0 Å². The van der Waals surface area contributed by atoms with Gasteiger partial charge in [-0.25, -0.2) is 4.79 Å². The van der Waals surface area contributed by atoms with E-state index in [2.05, 4.69) is 18.4 Å². The van der Waals surface area contributed by atoms with Gasteiger partial charge in [0.15, 0.2) is 6.61 Å². The van der Waals surface area contributed by atoms with Gasteiger partial charge in [-0.2, -0.15) is 0 Å². The van der Waals surface area contributed by atoms with Gasteiger partial charge in [-0.3, -0.25) is 4.79 Å². The van der Waals surface area contributed by atoms with E-state index >= 15 is 0 Å². The SMILES string of the molecule is Cc1cc(C(=O)COC(=O)/C=C/c2ccccc2)c(C)n1C(C)C. The number of ketones is 1. The first kappa shape index (κ1) is 17.7. The van der Waals surface area contributed by atoms with E-state index in [-0.39, 0.29) is 18.4 Å². The van der Waals surface area contributed by atoms with Crippen LogP contribution in [0.2, 0.25) is 0 Å². The van der Waals surface area contributed by atoms with Gasteiger partial charge in [-0.15, -0.1) is 0 Å². The maximum Gasteiger partial charge on any atom is 0.331 e. The summed E-state index contributed by atoms with van der Waals surface area (Å²) >= 11 is 0. The molecule has 1 aromatic carbocycles. The van der Waals surface area contributed by atoms with Crippen molar-refractivity contribution in [3.8, 4) is 0 Å². The molecule has 2 rings (SSSR count). The third-order valence-corrected chi connectivity index (χ3v) is 3.86. The molecule has 0 bridgehead atoms. The van der Waals surface area contributed by atoms with E-state index in [1.54, 1.807) is 6.08 Å². The summed E-state index contributed by atoms with van der Waals surface area (Å²) in [5.74, 6) is -0.707. The third kappa shape index (κ3) is 4.22. The molecule has 126 valence electrons. The second-order valence-electron chi connectivity index (χ2n) is 6.02. The normalized spacial score (nSPS) is 11.2. The Bertz CT molecular complexity index is 755. The molecule has 0 spiro atoms. The van der Waals surface area contributed by atoms with Crippen molar-refractivity contribution in [3.63, 3.8) is 0 Å². The first-order valence-corrected chi connectivity index (χ1v) is 8.01. The molecule has 0 saturated carbocycles. The smallest absolute Gasteiger partial charge is 0.331 e. The Kier molecular flexibility index (Phi) is 5.74. The van der Waals surface area contributed by atoms with Crippen LogP contribution in [-0.4, -0.2) is 22.9 Å². The molecule has 0 amide bonds. The van der Waals surface area contributed by atoms with Crippen molar-refractivity contribution in [1.82, 2.24) is 4.57 Å². The average Bonchev–Trinajstić information content (AvgIpc) is 2.86. The molecule has 0 aliphatic heterocycles. The third-order valence-electron chi connectivity index (χ3n) is 3.86. The van der Waals surface area contributed by atoms with Gasteiger partial charge in [-0.05, 0) is 45.4 Å². The number of Topliss-reactive ketones (excluding diaryl/α,β-unsaturated/α-hetero) is 1. The lowest BCUT2D eigenvalue weighted by molar-refractivity contribution is -0.136. The Hall–Kier alpha value is -2.62. The number of esters is 1. The van der Waals surface area contributed by atoms with Gasteiger partial charge in [0, 0.05) is 29.1 Å². The van der Waals surface area contributed by atoms with Crippen LogP contribution in [0.5, 0.6) is 0 Å². The number of hydrogen-bond donors (Lipinski definition) is 0. The second kappa shape index (κ2) is 7.77. The Labute approximate surface area is 142 Å². The van der Waals surface area contributed by atoms with Gasteiger partial charge in [0.1, 0.15) is 0 Å². The molecule has 4 nitrogen and oxygen atoms in total. The zero-order valence-electron chi connectivity index (χ0n) is 14.6. The van der Waals surface area contributed by atoms with Crippen LogP contribution in [0.3, 0.4) is 0 Å². The van der Waals surface area contributed by atoms with Gasteiger partial charge in [0.05, 0.1) is 0 Å². The van der Waals surface area contributed by atoms with Crippen molar-refractivity contribution in [2.24, 2.45) is 0 Å². The number of hydrogen-bond acceptors (Lipinski definition) is 3. The minimum atomic E-state index is -0.523. The predicted octanol–water partition coefficient (Wildman–Crippen LogP) is 4.13. The molecule has 1 aromatic heterocycles. The van der Waals surface area contributed by atoms with Crippen LogP contribution in [0, 0.1) is 13.8 Å². The summed E-state index contributed by atoms with van der Waals surface area (Å²) in [6.45, 7) is 7.78. The fraction of sp³-hybridized carbons (Fsp3) is 0.300. The molecule has 0 aliphatic rings. The quantitative estimate of drug-likeness (QED) is 0.456. The summed E-state index contributed by atoms with van der Waals surface area (Å²) in [6.07, 6.45) is 3.00. The molecule has 24 heavy (non-hydrogen) atoms. The molecule has 0 saturated heterocycles. The Morgan fingerprint density at radius 3 is 2.42 bits per heavy atom. The van der Waals surface area contributed by atoms with Crippen LogP contribution < -0.4 is 0 Å². The molecule has 0 unspecified atom stereocenters. The summed E-state index contributed by atoms with van der Waals surface area (Å²) in [5.41, 5.74) is 3.45. The summed E-state index contributed by atoms with van der Waals surface area (Å²) in [7, 11) is 0. The van der Waals surface area contributed by atoms with Gasteiger partial charge < -0.3 is 9.30 Å². The number of nitrogens with zero attached hydrogens (tertiary/aromatic N) is 1. The minimum absolute atomic E-state index is 0.184. The number of benzene rings is 1. The summed E-state index contributed by atoms with van der Waals surface area (Å²) in [6, 6.07) is 11.6. The zero-order valence-corrected chi connectivity index (χ0v) is 14.6. The molecule has 1 heterocycles. The first-order valence-electron chi connectivity index (χ1n) is 8.01. The molecule has 2 aromatic rings. The second-order valence-corrected chi connectivity index (χ2v) is 6.02. The number of carbonyl (C=O) groups is 2. The van der Waals surface area contributed by atoms with Crippen molar-refractivity contribution in [1.29, 1.82) is 0 Å². The Morgan fingerprint density at radius 2 is 1.83 bits per heavy atom. The first-order chi connectivity index (χ1) is 11.4. The average molecular weight is 325 g/mol. The summed E-state index contributed by atoms with van der Waals surface area (Å²) in [5, 5.41) is 0. The molecule has 0 radical (unpaired) electrons. The molecule has 0 atom stereocenters. The lowest BCUT2D eigenvalue weighted by Crippen LogP contribution is -2.14. The van der Waals surface area contributed by atoms with Gasteiger partial charge >= 0.3 is 5.97 Å². The van der Waals surface area contributed by atoms with E-state index in [1.807, 2.05) is 50.2 Å². The molecule has 0 fully saturated rings. The number of aromatic nitrogens is 1. The van der Waals surface area contributed by atoms with Crippen LogP contribution in [0.4, 0.5) is 0 Å². The van der Waals surface area contributed by atoms with E-state index < -0.39 is 5.97 Å². The number of aryl methyl sites for hydroxylation is 1. The van der Waals surface area contributed by atoms with E-state index in [1.165, 1.54) is 6.08 Å². The number of carbonyl (C=O) groups excluding carboxylic acids is 2. The monoisotopic (exact) mass is 325 g/mol. The van der Waals surface area contributed by atoms with Crippen LogP contribution in [0.25, 0.3) is 6.08 Å². The van der Waals surface area contributed by atoms with E-state index in [0.717, 1.165) is 17.0 Å². The molecule has 0 aliphatic carbocycles. The summed E-state index contributed by atoms with van der Waals surface area (Å²) in [4.78, 5) is 24.1. The highest BCUT2D eigenvalue weighted by atomic mass is 16.5. The maximum absolute atomic E-state index is 12.3. The van der Waals surface area contributed by atoms with Crippen molar-refractivity contribution in [3.05, 3.63) is 65.0 Å². The van der Waals surface area contributed by atoms with Crippen LogP contribution in [0.15, 0.2) is 42.5 Å². The fourth-order valence-electron chi connectivity index (χ4n) is 2.84. The zero-order chi connectivity index (χ0) is 17.7. The van der Waals surface area contributed by atoms with Crippen molar-refractivity contribution >= 4 is 17.8 Å². The Balaban J connectivity index is 1.97. The van der Waals surface area contributed by atoms with Gasteiger partial charge in [0.25, 0.3) is 0 Å². The van der Waals surface area contributed by atoms with E-state index in [0.29, 0.717) is 5.56 Å². The highest BCUT2D eigenvalue weighted by Crippen LogP contribution is 2.20. The molecule has 0 N–H and O–H groups in total. The lowest BCUT2D eigenvalue weighted by Gasteiger charge is -2.13. The molecular formula is C20H23NO3. The summed E-state index contributed by atoms with van der Waals surface area (Å²) < 4.78 is 7.16. The maximum atomic E-state index is 12.3.